The van der Waals surface area contributed by atoms with E-state index in [1.807, 2.05) is 12.4 Å². The number of nitrogens with one attached hydrogen (secondary N) is 1. The molecule has 1 saturated heterocycles. The minimum Gasteiger partial charge on any atom is -0.370 e. The second-order valence-electron chi connectivity index (χ2n) is 5.03. The fraction of sp³-hybridized carbons (Fsp3) is 0.615. The van der Waals surface area contributed by atoms with Crippen LogP contribution in [0.25, 0.3) is 0 Å². The second-order valence-corrected chi connectivity index (χ2v) is 5.94. The number of hydrogen-bond acceptors (Lipinski definition) is 3. The highest BCUT2D eigenvalue weighted by Gasteiger charge is 2.22. The second kappa shape index (κ2) is 5.83. The zero-order valence-corrected chi connectivity index (χ0v) is 12.1. The van der Waals surface area contributed by atoms with Gasteiger partial charge in [-0.25, -0.2) is 0 Å². The van der Waals surface area contributed by atoms with Crippen molar-refractivity contribution in [1.82, 2.24) is 10.3 Å². The molecule has 2 rings (SSSR count). The highest BCUT2D eigenvalue weighted by atomic mass is 79.9. The molecule has 3 nitrogen and oxygen atoms in total. The van der Waals surface area contributed by atoms with Crippen LogP contribution in [0.3, 0.4) is 0 Å². The SMILES string of the molecule is CC(C)NCC1CCN(c2cncc(Br)c2)C1. The van der Waals surface area contributed by atoms with Gasteiger partial charge in [0, 0.05) is 29.8 Å². The van der Waals surface area contributed by atoms with Crippen LogP contribution in [0.4, 0.5) is 5.69 Å². The van der Waals surface area contributed by atoms with Gasteiger partial charge in [0.1, 0.15) is 0 Å². The van der Waals surface area contributed by atoms with E-state index in [2.05, 4.69) is 51.0 Å². The van der Waals surface area contributed by atoms with Crippen molar-refractivity contribution in [2.75, 3.05) is 24.5 Å². The van der Waals surface area contributed by atoms with E-state index < -0.39 is 0 Å². The molecule has 0 saturated carbocycles. The van der Waals surface area contributed by atoms with E-state index in [1.54, 1.807) is 0 Å². The Hall–Kier alpha value is -0.610. The van der Waals surface area contributed by atoms with E-state index in [0.717, 1.165) is 30.0 Å². The number of anilines is 1. The van der Waals surface area contributed by atoms with Gasteiger partial charge in [-0.1, -0.05) is 13.8 Å². The number of aromatic nitrogens is 1. The summed E-state index contributed by atoms with van der Waals surface area (Å²) < 4.78 is 1.05. The first-order valence-electron chi connectivity index (χ1n) is 6.24. The van der Waals surface area contributed by atoms with Crippen LogP contribution in [0, 0.1) is 5.92 Å². The molecule has 1 aliphatic rings. The maximum absolute atomic E-state index is 4.22. The molecule has 1 N–H and O–H groups in total. The molecule has 1 atom stereocenters. The fourth-order valence-corrected chi connectivity index (χ4v) is 2.56. The summed E-state index contributed by atoms with van der Waals surface area (Å²) in [6.45, 7) is 7.80. The van der Waals surface area contributed by atoms with Gasteiger partial charge in [0.25, 0.3) is 0 Å². The average Bonchev–Trinajstić information content (AvgIpc) is 2.75. The molecule has 0 bridgehead atoms. The normalized spacial score (nSPS) is 20.2. The topological polar surface area (TPSA) is 28.2 Å². The quantitative estimate of drug-likeness (QED) is 0.926. The lowest BCUT2D eigenvalue weighted by Gasteiger charge is -2.19. The summed E-state index contributed by atoms with van der Waals surface area (Å²) in [7, 11) is 0. The van der Waals surface area contributed by atoms with Crippen molar-refractivity contribution in [2.24, 2.45) is 5.92 Å². The molecule has 4 heteroatoms. The molecular formula is C13H20BrN3. The summed E-state index contributed by atoms with van der Waals surface area (Å²) in [5, 5.41) is 3.52. The van der Waals surface area contributed by atoms with Gasteiger partial charge in [-0.05, 0) is 40.9 Å². The molecule has 1 aromatic rings. The van der Waals surface area contributed by atoms with Crippen molar-refractivity contribution in [3.05, 3.63) is 22.9 Å². The summed E-state index contributed by atoms with van der Waals surface area (Å²) in [5.74, 6) is 0.761. The van der Waals surface area contributed by atoms with E-state index in [1.165, 1.54) is 12.1 Å². The molecule has 0 radical (unpaired) electrons. The van der Waals surface area contributed by atoms with Crippen LogP contribution in [0.15, 0.2) is 22.9 Å². The third-order valence-electron chi connectivity index (χ3n) is 3.16. The van der Waals surface area contributed by atoms with Crippen LogP contribution in [0.2, 0.25) is 0 Å². The molecule has 1 aromatic heterocycles. The Morgan fingerprint density at radius 3 is 3.06 bits per heavy atom. The van der Waals surface area contributed by atoms with Gasteiger partial charge in [0.2, 0.25) is 0 Å². The highest BCUT2D eigenvalue weighted by molar-refractivity contribution is 9.10. The van der Waals surface area contributed by atoms with E-state index in [9.17, 15) is 0 Å². The Labute approximate surface area is 112 Å². The van der Waals surface area contributed by atoms with Crippen LogP contribution in [-0.2, 0) is 0 Å². The maximum atomic E-state index is 4.22. The lowest BCUT2D eigenvalue weighted by atomic mass is 10.1. The van der Waals surface area contributed by atoms with E-state index in [4.69, 9.17) is 0 Å². The van der Waals surface area contributed by atoms with Crippen LogP contribution in [-0.4, -0.2) is 30.7 Å². The first-order chi connectivity index (χ1) is 8.15. The van der Waals surface area contributed by atoms with Gasteiger partial charge in [-0.3, -0.25) is 4.98 Å². The van der Waals surface area contributed by atoms with Gasteiger partial charge in [0.05, 0.1) is 11.9 Å². The Morgan fingerprint density at radius 2 is 2.35 bits per heavy atom. The fourth-order valence-electron chi connectivity index (χ4n) is 2.21. The van der Waals surface area contributed by atoms with Crippen molar-refractivity contribution >= 4 is 21.6 Å². The third kappa shape index (κ3) is 3.68. The predicted molar refractivity (Wildman–Crippen MR) is 75.4 cm³/mol. The average molecular weight is 298 g/mol. The van der Waals surface area contributed by atoms with E-state index >= 15 is 0 Å². The van der Waals surface area contributed by atoms with Crippen LogP contribution in [0.5, 0.6) is 0 Å². The monoisotopic (exact) mass is 297 g/mol. The lowest BCUT2D eigenvalue weighted by Crippen LogP contribution is -2.30. The zero-order valence-electron chi connectivity index (χ0n) is 10.5. The number of hydrogen-bond donors (Lipinski definition) is 1. The van der Waals surface area contributed by atoms with Gasteiger partial charge < -0.3 is 10.2 Å². The maximum Gasteiger partial charge on any atom is 0.0564 e. The molecule has 0 amide bonds. The summed E-state index contributed by atoms with van der Waals surface area (Å²) in [4.78, 5) is 6.64. The summed E-state index contributed by atoms with van der Waals surface area (Å²) in [6.07, 6.45) is 5.05. The molecule has 0 aliphatic carbocycles. The Kier molecular flexibility index (Phi) is 4.40. The largest absolute Gasteiger partial charge is 0.370 e. The molecule has 2 heterocycles. The molecule has 0 aromatic carbocycles. The molecule has 1 unspecified atom stereocenters. The van der Waals surface area contributed by atoms with Crippen molar-refractivity contribution in [1.29, 1.82) is 0 Å². The van der Waals surface area contributed by atoms with Gasteiger partial charge in [-0.15, -0.1) is 0 Å². The van der Waals surface area contributed by atoms with Crippen LogP contribution < -0.4 is 10.2 Å². The summed E-state index contributed by atoms with van der Waals surface area (Å²) in [6, 6.07) is 2.72. The Morgan fingerprint density at radius 1 is 1.53 bits per heavy atom. The summed E-state index contributed by atoms with van der Waals surface area (Å²) >= 11 is 3.47. The molecule has 94 valence electrons. The lowest BCUT2D eigenvalue weighted by molar-refractivity contribution is 0.480. The number of nitrogens with zero attached hydrogens (tertiary/aromatic N) is 2. The van der Waals surface area contributed by atoms with Crippen molar-refractivity contribution < 1.29 is 0 Å². The molecular weight excluding hydrogens is 278 g/mol. The number of halogens is 1. The molecule has 1 fully saturated rings. The Balaban J connectivity index is 1.89. The minimum atomic E-state index is 0.580. The van der Waals surface area contributed by atoms with E-state index in [0.29, 0.717) is 6.04 Å². The van der Waals surface area contributed by atoms with Crippen molar-refractivity contribution in [2.45, 2.75) is 26.3 Å². The first-order valence-corrected chi connectivity index (χ1v) is 7.03. The Bertz CT molecular complexity index is 367. The number of rotatable bonds is 4. The van der Waals surface area contributed by atoms with Gasteiger partial charge >= 0.3 is 0 Å². The van der Waals surface area contributed by atoms with Crippen molar-refractivity contribution in [3.8, 4) is 0 Å². The van der Waals surface area contributed by atoms with Gasteiger partial charge in [0.15, 0.2) is 0 Å². The van der Waals surface area contributed by atoms with E-state index in [-0.39, 0.29) is 0 Å². The molecule has 17 heavy (non-hydrogen) atoms. The highest BCUT2D eigenvalue weighted by Crippen LogP contribution is 2.24. The summed E-state index contributed by atoms with van der Waals surface area (Å²) in [5.41, 5.74) is 1.23. The van der Waals surface area contributed by atoms with Crippen LogP contribution in [0.1, 0.15) is 20.3 Å². The smallest absolute Gasteiger partial charge is 0.0564 e. The molecule has 0 spiro atoms. The first kappa shape index (κ1) is 12.8. The zero-order chi connectivity index (χ0) is 12.3. The van der Waals surface area contributed by atoms with Crippen molar-refractivity contribution in [3.63, 3.8) is 0 Å². The van der Waals surface area contributed by atoms with Crippen LogP contribution >= 0.6 is 15.9 Å². The predicted octanol–water partition coefficient (Wildman–Crippen LogP) is 2.67. The molecule has 1 aliphatic heterocycles. The third-order valence-corrected chi connectivity index (χ3v) is 3.59. The standard InChI is InChI=1S/C13H20BrN3/c1-10(2)16-6-11-3-4-17(9-11)13-5-12(14)7-15-8-13/h5,7-8,10-11,16H,3-4,6,9H2,1-2H3. The van der Waals surface area contributed by atoms with Gasteiger partial charge in [-0.2, -0.15) is 0 Å². The number of pyridine rings is 1. The minimum absolute atomic E-state index is 0.580.